The summed E-state index contributed by atoms with van der Waals surface area (Å²) in [7, 11) is 0. The van der Waals surface area contributed by atoms with Gasteiger partial charge in [-0.2, -0.15) is 4.68 Å². The molecular formula is C24H33N5O4. The lowest BCUT2D eigenvalue weighted by atomic mass is 9.94. The third-order valence-corrected chi connectivity index (χ3v) is 6.10. The van der Waals surface area contributed by atoms with E-state index < -0.39 is 6.04 Å². The molecule has 0 radical (unpaired) electrons. The molecule has 1 aromatic heterocycles. The second-order valence-corrected chi connectivity index (χ2v) is 8.52. The van der Waals surface area contributed by atoms with Gasteiger partial charge >= 0.3 is 5.97 Å². The minimum atomic E-state index is -0.531. The highest BCUT2D eigenvalue weighted by molar-refractivity contribution is 5.92. The van der Waals surface area contributed by atoms with E-state index in [1.807, 2.05) is 32.0 Å². The number of anilines is 1. The van der Waals surface area contributed by atoms with Gasteiger partial charge < -0.3 is 19.5 Å². The van der Waals surface area contributed by atoms with Crippen LogP contribution < -0.4 is 14.8 Å². The Balaban J connectivity index is 1.68. The fourth-order valence-corrected chi connectivity index (χ4v) is 4.39. The first-order valence-electron chi connectivity index (χ1n) is 12.0. The smallest absolute Gasteiger partial charge is 0.338 e. The number of unbranched alkanes of at least 4 members (excludes halogenated alkanes) is 1. The van der Waals surface area contributed by atoms with E-state index in [9.17, 15) is 4.79 Å². The van der Waals surface area contributed by atoms with Gasteiger partial charge in [0.05, 0.1) is 18.8 Å². The van der Waals surface area contributed by atoms with Crippen LogP contribution in [0.1, 0.15) is 77.3 Å². The average molecular weight is 456 g/mol. The zero-order valence-electron chi connectivity index (χ0n) is 19.7. The van der Waals surface area contributed by atoms with Crippen molar-refractivity contribution in [1.29, 1.82) is 0 Å². The molecule has 1 aromatic carbocycles. The summed E-state index contributed by atoms with van der Waals surface area (Å²) in [5.74, 6) is 1.47. The maximum atomic E-state index is 13.4. The van der Waals surface area contributed by atoms with Crippen LogP contribution in [-0.4, -0.2) is 45.5 Å². The van der Waals surface area contributed by atoms with Crippen molar-refractivity contribution in [3.05, 3.63) is 35.0 Å². The molecule has 0 amide bonds. The summed E-state index contributed by atoms with van der Waals surface area (Å²) < 4.78 is 19.4. The first-order valence-corrected chi connectivity index (χ1v) is 12.0. The Morgan fingerprint density at radius 3 is 2.73 bits per heavy atom. The molecule has 1 saturated carbocycles. The van der Waals surface area contributed by atoms with Gasteiger partial charge in [-0.15, -0.1) is 0 Å². The summed E-state index contributed by atoms with van der Waals surface area (Å²) in [6, 6.07) is 5.21. The molecule has 9 heteroatoms. The number of carbonyl (C=O) groups excluding carboxylic acids is 1. The van der Waals surface area contributed by atoms with E-state index in [1.54, 1.807) is 4.68 Å². The van der Waals surface area contributed by atoms with Gasteiger partial charge in [-0.1, -0.05) is 30.9 Å². The second-order valence-electron chi connectivity index (χ2n) is 8.52. The lowest BCUT2D eigenvalue weighted by Gasteiger charge is -2.30. The molecule has 0 saturated heterocycles. The molecule has 1 atom stereocenters. The van der Waals surface area contributed by atoms with Crippen molar-refractivity contribution in [2.24, 2.45) is 0 Å². The van der Waals surface area contributed by atoms with Crippen molar-refractivity contribution in [2.45, 2.75) is 77.9 Å². The quantitative estimate of drug-likeness (QED) is 0.438. The van der Waals surface area contributed by atoms with E-state index in [1.165, 1.54) is 6.42 Å². The highest BCUT2D eigenvalue weighted by Gasteiger charge is 2.36. The minimum absolute atomic E-state index is 0.0456. The highest BCUT2D eigenvalue weighted by atomic mass is 16.5. The number of aromatic nitrogens is 4. The summed E-state index contributed by atoms with van der Waals surface area (Å²) in [6.07, 6.45) is 7.16. The predicted molar refractivity (Wildman–Crippen MR) is 123 cm³/mol. The SMILES string of the molecule is CCCCOc1ccc(C2C(C(=O)OC3CCCCC3)=C(C)Nc3nnnn32)cc1OCC. The molecule has 1 N–H and O–H groups in total. The maximum Gasteiger partial charge on any atom is 0.338 e. The van der Waals surface area contributed by atoms with Gasteiger partial charge in [0, 0.05) is 5.70 Å². The molecule has 1 fully saturated rings. The first-order chi connectivity index (χ1) is 16.1. The fraction of sp³-hybridized carbons (Fsp3) is 0.583. The van der Waals surface area contributed by atoms with Crippen LogP contribution >= 0.6 is 0 Å². The number of ether oxygens (including phenoxy) is 3. The number of esters is 1. The van der Waals surface area contributed by atoms with E-state index in [0.717, 1.165) is 44.1 Å². The lowest BCUT2D eigenvalue weighted by Crippen LogP contribution is -2.32. The molecule has 1 aliphatic carbocycles. The van der Waals surface area contributed by atoms with E-state index in [-0.39, 0.29) is 12.1 Å². The van der Waals surface area contributed by atoms with Crippen LogP contribution in [0.5, 0.6) is 11.5 Å². The van der Waals surface area contributed by atoms with Crippen molar-refractivity contribution in [3.8, 4) is 11.5 Å². The maximum absolute atomic E-state index is 13.4. The molecule has 33 heavy (non-hydrogen) atoms. The second kappa shape index (κ2) is 10.7. The Kier molecular flexibility index (Phi) is 7.47. The van der Waals surface area contributed by atoms with Crippen LogP contribution in [-0.2, 0) is 9.53 Å². The topological polar surface area (TPSA) is 100 Å². The van der Waals surface area contributed by atoms with Crippen molar-refractivity contribution in [2.75, 3.05) is 18.5 Å². The summed E-state index contributed by atoms with van der Waals surface area (Å²) in [5.41, 5.74) is 2.01. The highest BCUT2D eigenvalue weighted by Crippen LogP contribution is 2.39. The van der Waals surface area contributed by atoms with Crippen LogP contribution in [0.3, 0.4) is 0 Å². The zero-order valence-corrected chi connectivity index (χ0v) is 19.7. The normalized spacial score (nSPS) is 18.5. The van der Waals surface area contributed by atoms with Crippen LogP contribution in [0, 0.1) is 0 Å². The Labute approximate surface area is 194 Å². The molecule has 178 valence electrons. The molecule has 1 aliphatic heterocycles. The molecule has 2 heterocycles. The molecule has 1 unspecified atom stereocenters. The molecule has 2 aliphatic rings. The monoisotopic (exact) mass is 455 g/mol. The number of fused-ring (bicyclic) bond motifs is 1. The van der Waals surface area contributed by atoms with Crippen molar-refractivity contribution in [3.63, 3.8) is 0 Å². The Morgan fingerprint density at radius 1 is 1.15 bits per heavy atom. The van der Waals surface area contributed by atoms with Crippen LogP contribution in [0.15, 0.2) is 29.5 Å². The fourth-order valence-electron chi connectivity index (χ4n) is 4.39. The molecule has 0 spiro atoms. The third-order valence-electron chi connectivity index (χ3n) is 6.10. The molecular weight excluding hydrogens is 422 g/mol. The molecule has 0 bridgehead atoms. The van der Waals surface area contributed by atoms with Gasteiger partial charge in [0.25, 0.3) is 0 Å². The van der Waals surface area contributed by atoms with E-state index in [2.05, 4.69) is 27.8 Å². The molecule has 4 rings (SSSR count). The number of nitrogens with one attached hydrogen (secondary N) is 1. The number of nitrogens with zero attached hydrogens (tertiary/aromatic N) is 4. The lowest BCUT2D eigenvalue weighted by molar-refractivity contribution is -0.146. The number of hydrogen-bond donors (Lipinski definition) is 1. The van der Waals surface area contributed by atoms with Gasteiger partial charge in [-0.25, -0.2) is 4.79 Å². The van der Waals surface area contributed by atoms with Crippen molar-refractivity contribution in [1.82, 2.24) is 20.2 Å². The molecule has 9 nitrogen and oxygen atoms in total. The van der Waals surface area contributed by atoms with Gasteiger partial charge in [0.15, 0.2) is 11.5 Å². The van der Waals surface area contributed by atoms with Gasteiger partial charge in [-0.3, -0.25) is 0 Å². The van der Waals surface area contributed by atoms with Crippen molar-refractivity contribution >= 4 is 11.9 Å². The number of allylic oxidation sites excluding steroid dienone is 1. The number of rotatable bonds is 9. The summed E-state index contributed by atoms with van der Waals surface area (Å²) in [6.45, 7) is 7.04. The van der Waals surface area contributed by atoms with Crippen LogP contribution in [0.4, 0.5) is 5.95 Å². The Morgan fingerprint density at radius 2 is 1.97 bits per heavy atom. The Hall–Kier alpha value is -3.10. The molecule has 2 aromatic rings. The van der Waals surface area contributed by atoms with Crippen LogP contribution in [0.25, 0.3) is 0 Å². The van der Waals surface area contributed by atoms with Crippen molar-refractivity contribution < 1.29 is 19.0 Å². The van der Waals surface area contributed by atoms with Gasteiger partial charge in [-0.05, 0) is 74.1 Å². The van der Waals surface area contributed by atoms with E-state index in [0.29, 0.717) is 41.9 Å². The number of benzene rings is 1. The zero-order chi connectivity index (χ0) is 23.2. The number of tetrazole rings is 1. The first kappa shape index (κ1) is 23.1. The van der Waals surface area contributed by atoms with E-state index >= 15 is 0 Å². The summed E-state index contributed by atoms with van der Waals surface area (Å²) in [5, 5.41) is 15.2. The standard InChI is InChI=1S/C24H33N5O4/c1-4-6-14-32-19-13-12-17(15-20(19)31-5-2)22-21(16(3)25-24-26-27-28-29(22)24)23(30)33-18-10-8-7-9-11-18/h12-13,15,18,22H,4-11,14H2,1-3H3,(H,25,26,28). The number of carbonyl (C=O) groups is 1. The average Bonchev–Trinajstić information content (AvgIpc) is 3.28. The van der Waals surface area contributed by atoms with Crippen LogP contribution in [0.2, 0.25) is 0 Å². The Bertz CT molecular complexity index is 996. The summed E-state index contributed by atoms with van der Waals surface area (Å²) in [4.78, 5) is 13.4. The number of hydrogen-bond acceptors (Lipinski definition) is 8. The summed E-state index contributed by atoms with van der Waals surface area (Å²) >= 11 is 0. The van der Waals surface area contributed by atoms with Gasteiger partial charge in [0.2, 0.25) is 5.95 Å². The minimum Gasteiger partial charge on any atom is -0.490 e. The third kappa shape index (κ3) is 5.12. The van der Waals surface area contributed by atoms with Gasteiger partial charge in [0.1, 0.15) is 12.1 Å². The largest absolute Gasteiger partial charge is 0.490 e. The predicted octanol–water partition coefficient (Wildman–Crippen LogP) is 4.42. The van der Waals surface area contributed by atoms with E-state index in [4.69, 9.17) is 14.2 Å².